The zero-order valence-corrected chi connectivity index (χ0v) is 14.1. The van der Waals surface area contributed by atoms with Crippen molar-refractivity contribution in [1.82, 2.24) is 0 Å². The molecule has 0 fully saturated rings. The van der Waals surface area contributed by atoms with Gasteiger partial charge in [-0.2, -0.15) is 0 Å². The summed E-state index contributed by atoms with van der Waals surface area (Å²) in [4.78, 5) is 0. The van der Waals surface area contributed by atoms with Gasteiger partial charge in [0.15, 0.2) is 11.5 Å². The molecule has 122 valence electrons. The van der Waals surface area contributed by atoms with Crippen molar-refractivity contribution in [2.24, 2.45) is 0 Å². The van der Waals surface area contributed by atoms with Gasteiger partial charge in [-0.05, 0) is 23.3 Å². The largest absolute Gasteiger partial charge is 0.496 e. The van der Waals surface area contributed by atoms with Crippen molar-refractivity contribution < 1.29 is 14.2 Å². The van der Waals surface area contributed by atoms with Gasteiger partial charge in [0.2, 0.25) is 0 Å². The second kappa shape index (κ2) is 7.09. The molecule has 0 amide bonds. The van der Waals surface area contributed by atoms with E-state index < -0.39 is 0 Å². The Bertz CT molecular complexity index is 867. The first-order valence-corrected chi connectivity index (χ1v) is 7.72. The topological polar surface area (TPSA) is 27.7 Å². The average Bonchev–Trinajstić information content (AvgIpc) is 2.65. The van der Waals surface area contributed by atoms with E-state index in [4.69, 9.17) is 14.2 Å². The molecule has 0 aromatic heterocycles. The maximum atomic E-state index is 5.53. The Morgan fingerprint density at radius 3 is 2.00 bits per heavy atom. The number of fused-ring (bicyclic) bond motifs is 1. The maximum absolute atomic E-state index is 5.53. The van der Waals surface area contributed by atoms with E-state index in [1.54, 1.807) is 21.3 Å². The van der Waals surface area contributed by atoms with Crippen LogP contribution in [0.25, 0.3) is 22.9 Å². The monoisotopic (exact) mass is 320 g/mol. The molecule has 0 saturated carbocycles. The van der Waals surface area contributed by atoms with Gasteiger partial charge in [-0.15, -0.1) is 0 Å². The summed E-state index contributed by atoms with van der Waals surface area (Å²) in [6.45, 7) is 0. The molecule has 0 saturated heterocycles. The highest BCUT2D eigenvalue weighted by atomic mass is 16.5. The van der Waals surface area contributed by atoms with Gasteiger partial charge >= 0.3 is 0 Å². The van der Waals surface area contributed by atoms with Crippen LogP contribution in [0.5, 0.6) is 17.2 Å². The Balaban J connectivity index is 2.09. The lowest BCUT2D eigenvalue weighted by Crippen LogP contribution is -1.94. The van der Waals surface area contributed by atoms with Gasteiger partial charge in [-0.3, -0.25) is 0 Å². The number of hydrogen-bond acceptors (Lipinski definition) is 3. The molecule has 0 heterocycles. The summed E-state index contributed by atoms with van der Waals surface area (Å²) >= 11 is 0. The van der Waals surface area contributed by atoms with Gasteiger partial charge in [0.05, 0.1) is 21.3 Å². The zero-order valence-electron chi connectivity index (χ0n) is 14.1. The van der Waals surface area contributed by atoms with Gasteiger partial charge in [0, 0.05) is 16.8 Å². The van der Waals surface area contributed by atoms with Crippen LogP contribution in [0.15, 0.2) is 54.6 Å². The van der Waals surface area contributed by atoms with Crippen LogP contribution in [0.2, 0.25) is 0 Å². The van der Waals surface area contributed by atoms with E-state index >= 15 is 0 Å². The van der Waals surface area contributed by atoms with Gasteiger partial charge in [-0.1, -0.05) is 48.6 Å². The molecule has 0 aliphatic rings. The number of benzene rings is 3. The summed E-state index contributed by atoms with van der Waals surface area (Å²) in [5.41, 5.74) is 2.26. The highest BCUT2D eigenvalue weighted by Gasteiger charge is 2.14. The SMILES string of the molecule is COc1cc(OC)c2cc(/C=C/c3ccccc3)ccc2c1OC. The number of methoxy groups -OCH3 is 3. The van der Waals surface area contributed by atoms with Crippen molar-refractivity contribution in [3.05, 3.63) is 65.7 Å². The molecule has 0 unspecified atom stereocenters. The van der Waals surface area contributed by atoms with Gasteiger partial charge in [-0.25, -0.2) is 0 Å². The van der Waals surface area contributed by atoms with Crippen molar-refractivity contribution in [3.8, 4) is 17.2 Å². The zero-order chi connectivity index (χ0) is 16.9. The number of rotatable bonds is 5. The van der Waals surface area contributed by atoms with Crippen molar-refractivity contribution in [1.29, 1.82) is 0 Å². The van der Waals surface area contributed by atoms with Gasteiger partial charge in [0.1, 0.15) is 5.75 Å². The number of ether oxygens (including phenoxy) is 3. The van der Waals surface area contributed by atoms with Crippen LogP contribution in [0, 0.1) is 0 Å². The average molecular weight is 320 g/mol. The summed E-state index contributed by atoms with van der Waals surface area (Å²) in [5.74, 6) is 2.14. The molecular weight excluding hydrogens is 300 g/mol. The van der Waals surface area contributed by atoms with E-state index in [1.165, 1.54) is 0 Å². The summed E-state index contributed by atoms with van der Waals surface area (Å²) < 4.78 is 16.5. The molecule has 0 bridgehead atoms. The summed E-state index contributed by atoms with van der Waals surface area (Å²) in [5, 5.41) is 1.95. The lowest BCUT2D eigenvalue weighted by molar-refractivity contribution is 0.353. The Labute approximate surface area is 142 Å². The Morgan fingerprint density at radius 1 is 0.625 bits per heavy atom. The minimum atomic E-state index is 0.662. The fourth-order valence-corrected chi connectivity index (χ4v) is 2.75. The molecule has 3 rings (SSSR count). The fourth-order valence-electron chi connectivity index (χ4n) is 2.75. The third-order valence-electron chi connectivity index (χ3n) is 3.95. The van der Waals surface area contributed by atoms with Crippen molar-refractivity contribution in [3.63, 3.8) is 0 Å². The molecule has 3 nitrogen and oxygen atoms in total. The highest BCUT2D eigenvalue weighted by molar-refractivity contribution is 5.97. The van der Waals surface area contributed by atoms with Crippen LogP contribution in [0.3, 0.4) is 0 Å². The molecule has 0 spiro atoms. The van der Waals surface area contributed by atoms with E-state index in [0.717, 1.165) is 27.6 Å². The molecule has 3 heteroatoms. The molecule has 0 aliphatic carbocycles. The molecule has 0 radical (unpaired) electrons. The molecule has 3 aromatic carbocycles. The van der Waals surface area contributed by atoms with Gasteiger partial charge in [0.25, 0.3) is 0 Å². The first kappa shape index (κ1) is 15.9. The van der Waals surface area contributed by atoms with Crippen molar-refractivity contribution in [2.45, 2.75) is 0 Å². The lowest BCUT2D eigenvalue weighted by atomic mass is 10.0. The van der Waals surface area contributed by atoms with Crippen LogP contribution in [-0.2, 0) is 0 Å². The molecule has 0 N–H and O–H groups in total. The molecule has 0 aliphatic heterocycles. The van der Waals surface area contributed by atoms with Gasteiger partial charge < -0.3 is 14.2 Å². The first-order chi connectivity index (χ1) is 11.8. The molecule has 3 aromatic rings. The second-order valence-electron chi connectivity index (χ2n) is 5.36. The quantitative estimate of drug-likeness (QED) is 0.617. The fraction of sp³-hybridized carbons (Fsp3) is 0.143. The molecule has 0 atom stereocenters. The Morgan fingerprint density at radius 2 is 1.33 bits per heavy atom. The summed E-state index contributed by atoms with van der Waals surface area (Å²) in [7, 11) is 4.93. The number of hydrogen-bond donors (Lipinski definition) is 0. The summed E-state index contributed by atoms with van der Waals surface area (Å²) in [6, 6.07) is 18.3. The minimum Gasteiger partial charge on any atom is -0.496 e. The van der Waals surface area contributed by atoms with Crippen LogP contribution >= 0.6 is 0 Å². The predicted molar refractivity (Wildman–Crippen MR) is 99.0 cm³/mol. The normalized spacial score (nSPS) is 11.0. The molecule has 24 heavy (non-hydrogen) atoms. The van der Waals surface area contributed by atoms with E-state index in [-0.39, 0.29) is 0 Å². The van der Waals surface area contributed by atoms with E-state index in [2.05, 4.69) is 36.4 Å². The predicted octanol–water partition coefficient (Wildman–Crippen LogP) is 5.04. The summed E-state index contributed by atoms with van der Waals surface area (Å²) in [6.07, 6.45) is 4.18. The minimum absolute atomic E-state index is 0.662. The molecular formula is C21H20O3. The Kier molecular flexibility index (Phi) is 4.71. The van der Waals surface area contributed by atoms with E-state index in [0.29, 0.717) is 11.5 Å². The third kappa shape index (κ3) is 3.06. The smallest absolute Gasteiger partial charge is 0.168 e. The van der Waals surface area contributed by atoms with E-state index in [9.17, 15) is 0 Å². The van der Waals surface area contributed by atoms with Crippen molar-refractivity contribution in [2.75, 3.05) is 21.3 Å². The second-order valence-corrected chi connectivity index (χ2v) is 5.36. The standard InChI is InChI=1S/C21H20O3/c1-22-19-14-20(23-2)21(24-3)17-12-11-16(13-18(17)19)10-9-15-7-5-4-6-8-15/h4-14H,1-3H3/b10-9+. The first-order valence-electron chi connectivity index (χ1n) is 7.72. The van der Waals surface area contributed by atoms with Crippen LogP contribution in [-0.4, -0.2) is 21.3 Å². The van der Waals surface area contributed by atoms with Crippen LogP contribution < -0.4 is 14.2 Å². The van der Waals surface area contributed by atoms with E-state index in [1.807, 2.05) is 30.3 Å². The van der Waals surface area contributed by atoms with Crippen molar-refractivity contribution >= 4 is 22.9 Å². The van der Waals surface area contributed by atoms with Crippen LogP contribution in [0.4, 0.5) is 0 Å². The third-order valence-corrected chi connectivity index (χ3v) is 3.95. The highest BCUT2D eigenvalue weighted by Crippen LogP contribution is 2.41. The maximum Gasteiger partial charge on any atom is 0.168 e. The lowest BCUT2D eigenvalue weighted by Gasteiger charge is -2.14. The van der Waals surface area contributed by atoms with Crippen LogP contribution in [0.1, 0.15) is 11.1 Å². The Hall–Kier alpha value is -2.94.